The van der Waals surface area contributed by atoms with Crippen molar-refractivity contribution in [2.75, 3.05) is 5.32 Å². The molecule has 0 saturated carbocycles. The van der Waals surface area contributed by atoms with Crippen LogP contribution < -0.4 is 5.32 Å². The second kappa shape index (κ2) is 4.94. The monoisotopic (exact) mass is 289 g/mol. The van der Waals surface area contributed by atoms with Crippen LogP contribution in [-0.4, -0.2) is 15.9 Å². The van der Waals surface area contributed by atoms with Gasteiger partial charge in [0.2, 0.25) is 0 Å². The highest BCUT2D eigenvalue weighted by atomic mass is 35.5. The minimum absolute atomic E-state index is 0.0910. The fourth-order valence-electron chi connectivity index (χ4n) is 1.84. The summed E-state index contributed by atoms with van der Waals surface area (Å²) in [6, 6.07) is 7.42. The van der Waals surface area contributed by atoms with E-state index in [1.165, 1.54) is 12.1 Å². The van der Waals surface area contributed by atoms with Crippen molar-refractivity contribution in [2.24, 2.45) is 0 Å². The number of carbonyl (C=O) groups excluding carboxylic acids is 1. The number of hydrogen-bond acceptors (Lipinski definition) is 2. The topological polar surface area (TPSA) is 57.8 Å². The van der Waals surface area contributed by atoms with E-state index < -0.39 is 11.7 Å². The molecule has 20 heavy (non-hydrogen) atoms. The minimum atomic E-state index is -0.560. The Kier molecular flexibility index (Phi) is 3.12. The number of pyridine rings is 1. The third-order valence-electron chi connectivity index (χ3n) is 2.86. The van der Waals surface area contributed by atoms with Crippen molar-refractivity contribution in [2.45, 2.75) is 0 Å². The summed E-state index contributed by atoms with van der Waals surface area (Å²) in [6.07, 6.45) is 3.42. The van der Waals surface area contributed by atoms with E-state index in [9.17, 15) is 9.18 Å². The molecule has 6 heteroatoms. The molecule has 0 saturated heterocycles. The zero-order chi connectivity index (χ0) is 14.1. The van der Waals surface area contributed by atoms with Gasteiger partial charge in [-0.25, -0.2) is 9.37 Å². The number of nitrogens with one attached hydrogen (secondary N) is 2. The summed E-state index contributed by atoms with van der Waals surface area (Å²) >= 11 is 5.65. The molecular formula is C14H9ClFN3O. The van der Waals surface area contributed by atoms with Gasteiger partial charge in [-0.3, -0.25) is 4.79 Å². The SMILES string of the molecule is O=C(Nc1cc2cc[nH]c2cn1)c1ccc(F)c(Cl)c1. The molecule has 0 spiro atoms. The number of H-pyrrole nitrogens is 1. The lowest BCUT2D eigenvalue weighted by Crippen LogP contribution is -2.12. The van der Waals surface area contributed by atoms with Crippen molar-refractivity contribution >= 4 is 34.2 Å². The highest BCUT2D eigenvalue weighted by Gasteiger charge is 2.10. The van der Waals surface area contributed by atoms with Crippen LogP contribution in [0.2, 0.25) is 5.02 Å². The molecule has 0 unspecified atom stereocenters. The second-order valence-corrected chi connectivity index (χ2v) is 4.62. The van der Waals surface area contributed by atoms with Crippen LogP contribution in [0.15, 0.2) is 42.7 Å². The number of amides is 1. The van der Waals surface area contributed by atoms with E-state index in [1.54, 1.807) is 18.5 Å². The smallest absolute Gasteiger partial charge is 0.256 e. The summed E-state index contributed by atoms with van der Waals surface area (Å²) in [5.41, 5.74) is 1.15. The molecule has 1 aromatic carbocycles. The highest BCUT2D eigenvalue weighted by Crippen LogP contribution is 2.18. The zero-order valence-corrected chi connectivity index (χ0v) is 10.9. The van der Waals surface area contributed by atoms with Gasteiger partial charge in [0.15, 0.2) is 0 Å². The Hall–Kier alpha value is -2.40. The first-order chi connectivity index (χ1) is 9.63. The van der Waals surface area contributed by atoms with Crippen LogP contribution in [0, 0.1) is 5.82 Å². The second-order valence-electron chi connectivity index (χ2n) is 4.22. The summed E-state index contributed by atoms with van der Waals surface area (Å²) in [6.45, 7) is 0. The van der Waals surface area contributed by atoms with Gasteiger partial charge < -0.3 is 10.3 Å². The van der Waals surface area contributed by atoms with Gasteiger partial charge in [-0.2, -0.15) is 0 Å². The van der Waals surface area contributed by atoms with Gasteiger partial charge in [-0.1, -0.05) is 11.6 Å². The fourth-order valence-corrected chi connectivity index (χ4v) is 2.03. The number of rotatable bonds is 2. The summed E-state index contributed by atoms with van der Waals surface area (Å²) in [5, 5.41) is 3.49. The number of aromatic nitrogens is 2. The Morgan fingerprint density at radius 3 is 2.95 bits per heavy atom. The number of anilines is 1. The van der Waals surface area contributed by atoms with E-state index in [0.717, 1.165) is 17.0 Å². The molecular weight excluding hydrogens is 281 g/mol. The van der Waals surface area contributed by atoms with Crippen LogP contribution in [-0.2, 0) is 0 Å². The molecule has 2 aromatic heterocycles. The van der Waals surface area contributed by atoms with Crippen molar-refractivity contribution < 1.29 is 9.18 Å². The first kappa shape index (κ1) is 12.6. The van der Waals surface area contributed by atoms with Crippen molar-refractivity contribution in [1.82, 2.24) is 9.97 Å². The van der Waals surface area contributed by atoms with E-state index in [2.05, 4.69) is 15.3 Å². The van der Waals surface area contributed by atoms with Gasteiger partial charge in [-0.15, -0.1) is 0 Å². The lowest BCUT2D eigenvalue weighted by Gasteiger charge is -2.05. The quantitative estimate of drug-likeness (QED) is 0.757. The number of aromatic amines is 1. The van der Waals surface area contributed by atoms with Crippen LogP contribution in [0.3, 0.4) is 0 Å². The molecule has 0 radical (unpaired) electrons. The largest absolute Gasteiger partial charge is 0.360 e. The lowest BCUT2D eigenvalue weighted by molar-refractivity contribution is 0.102. The van der Waals surface area contributed by atoms with E-state index >= 15 is 0 Å². The highest BCUT2D eigenvalue weighted by molar-refractivity contribution is 6.31. The van der Waals surface area contributed by atoms with Gasteiger partial charge >= 0.3 is 0 Å². The van der Waals surface area contributed by atoms with Crippen LogP contribution in [0.1, 0.15) is 10.4 Å². The molecule has 3 aromatic rings. The molecule has 0 aliphatic rings. The molecule has 0 aliphatic heterocycles. The Bertz CT molecular complexity index is 800. The number of fused-ring (bicyclic) bond motifs is 1. The fraction of sp³-hybridized carbons (Fsp3) is 0. The maximum atomic E-state index is 13.0. The molecule has 0 bridgehead atoms. The number of hydrogen-bond donors (Lipinski definition) is 2. The third-order valence-corrected chi connectivity index (χ3v) is 3.15. The summed E-state index contributed by atoms with van der Waals surface area (Å²) in [7, 11) is 0. The molecule has 0 aliphatic carbocycles. The van der Waals surface area contributed by atoms with E-state index in [1.807, 2.05) is 6.07 Å². The first-order valence-electron chi connectivity index (χ1n) is 5.83. The molecule has 100 valence electrons. The molecule has 0 fully saturated rings. The third kappa shape index (κ3) is 2.35. The summed E-state index contributed by atoms with van der Waals surface area (Å²) in [4.78, 5) is 19.1. The first-order valence-corrected chi connectivity index (χ1v) is 6.21. The van der Waals surface area contributed by atoms with Gasteiger partial charge in [0.1, 0.15) is 11.6 Å². The minimum Gasteiger partial charge on any atom is -0.360 e. The molecule has 2 heterocycles. The van der Waals surface area contributed by atoms with Crippen LogP contribution in [0.25, 0.3) is 10.9 Å². The molecule has 1 amide bonds. The Labute approximate surface area is 118 Å². The number of carbonyl (C=O) groups is 1. The standard InChI is InChI=1S/C14H9ClFN3O/c15-10-5-9(1-2-11(10)16)14(20)19-13-6-8-3-4-17-12(8)7-18-13/h1-7,17H,(H,18,19,20). The number of nitrogens with zero attached hydrogens (tertiary/aromatic N) is 1. The molecule has 3 rings (SSSR count). The van der Waals surface area contributed by atoms with Crippen LogP contribution >= 0.6 is 11.6 Å². The zero-order valence-electron chi connectivity index (χ0n) is 10.2. The molecule has 4 nitrogen and oxygen atoms in total. The van der Waals surface area contributed by atoms with Crippen LogP contribution in [0.4, 0.5) is 10.2 Å². The predicted octanol–water partition coefficient (Wildman–Crippen LogP) is 3.61. The number of benzene rings is 1. The van der Waals surface area contributed by atoms with Crippen molar-refractivity contribution in [3.63, 3.8) is 0 Å². The van der Waals surface area contributed by atoms with Crippen molar-refractivity contribution in [3.8, 4) is 0 Å². The van der Waals surface area contributed by atoms with E-state index in [4.69, 9.17) is 11.6 Å². The predicted molar refractivity (Wildman–Crippen MR) is 75.5 cm³/mol. The molecule has 0 atom stereocenters. The Balaban J connectivity index is 1.85. The van der Waals surface area contributed by atoms with Gasteiger partial charge in [-0.05, 0) is 30.3 Å². The number of halogens is 2. The average molecular weight is 290 g/mol. The summed E-state index contributed by atoms with van der Waals surface area (Å²) < 4.78 is 13.0. The van der Waals surface area contributed by atoms with Gasteiger partial charge in [0.25, 0.3) is 5.91 Å². The normalized spacial score (nSPS) is 10.7. The average Bonchev–Trinajstić information content (AvgIpc) is 2.89. The van der Waals surface area contributed by atoms with Gasteiger partial charge in [0.05, 0.1) is 16.7 Å². The van der Waals surface area contributed by atoms with Crippen molar-refractivity contribution in [3.05, 3.63) is 59.1 Å². The van der Waals surface area contributed by atoms with E-state index in [0.29, 0.717) is 5.82 Å². The molecule has 2 N–H and O–H groups in total. The van der Waals surface area contributed by atoms with Crippen LogP contribution in [0.5, 0.6) is 0 Å². The van der Waals surface area contributed by atoms with Crippen molar-refractivity contribution in [1.29, 1.82) is 0 Å². The van der Waals surface area contributed by atoms with Gasteiger partial charge in [0, 0.05) is 17.1 Å². The Morgan fingerprint density at radius 1 is 1.30 bits per heavy atom. The lowest BCUT2D eigenvalue weighted by atomic mass is 10.2. The van der Waals surface area contributed by atoms with E-state index in [-0.39, 0.29) is 10.6 Å². The Morgan fingerprint density at radius 2 is 2.15 bits per heavy atom. The maximum Gasteiger partial charge on any atom is 0.256 e. The maximum absolute atomic E-state index is 13.0. The summed E-state index contributed by atoms with van der Waals surface area (Å²) in [5.74, 6) is -0.535.